The molecule has 1 fully saturated rings. The lowest BCUT2D eigenvalue weighted by atomic mass is 10.2. The quantitative estimate of drug-likeness (QED) is 0.282. The van der Waals surface area contributed by atoms with E-state index in [2.05, 4.69) is 6.58 Å². The third-order valence-electron chi connectivity index (χ3n) is 4.55. The summed E-state index contributed by atoms with van der Waals surface area (Å²) in [6.07, 6.45) is 3.48. The second-order valence-electron chi connectivity index (χ2n) is 6.40. The number of halogens is 1. The first kappa shape index (κ1) is 21.4. The first-order valence-corrected chi connectivity index (χ1v) is 10.3. The lowest BCUT2D eigenvalue weighted by molar-refractivity contribution is -0.121. The zero-order valence-electron chi connectivity index (χ0n) is 16.2. The molecule has 0 saturated carbocycles. The highest BCUT2D eigenvalue weighted by Crippen LogP contribution is 2.34. The Kier molecular flexibility index (Phi) is 6.31. The number of hydrogen-bond acceptors (Lipinski definition) is 5. The second kappa shape index (κ2) is 8.57. The maximum absolute atomic E-state index is 12.6. The van der Waals surface area contributed by atoms with E-state index in [0.29, 0.717) is 32.0 Å². The van der Waals surface area contributed by atoms with Crippen LogP contribution in [0.15, 0.2) is 41.8 Å². The van der Waals surface area contributed by atoms with Crippen molar-refractivity contribution in [3.63, 3.8) is 0 Å². The number of methoxy groups -OCH3 is 1. The molecule has 1 aromatic carbocycles. The van der Waals surface area contributed by atoms with E-state index in [9.17, 15) is 9.59 Å². The van der Waals surface area contributed by atoms with Gasteiger partial charge in [-0.25, -0.2) is 4.79 Å². The molecule has 1 aliphatic rings. The number of ether oxygens (including phenoxy) is 1. The summed E-state index contributed by atoms with van der Waals surface area (Å²) in [5, 5.41) is 0.503. The average Bonchev–Trinajstić information content (AvgIpc) is 3.12. The van der Waals surface area contributed by atoms with E-state index < -0.39 is 5.97 Å². The van der Waals surface area contributed by atoms with Gasteiger partial charge in [-0.05, 0) is 49.8 Å². The van der Waals surface area contributed by atoms with E-state index >= 15 is 0 Å². The number of rotatable bonds is 5. The maximum atomic E-state index is 12.6. The van der Waals surface area contributed by atoms with Crippen LogP contribution in [0.5, 0.6) is 0 Å². The SMILES string of the molecule is C=CCN1C(=O)/C(=C/c2cc(C)n(-c3cc(C(=O)OC)ccc3Cl)c2C)SC1=S. The molecule has 2 aromatic rings. The number of nitrogens with zero attached hydrogens (tertiary/aromatic N) is 2. The summed E-state index contributed by atoms with van der Waals surface area (Å²) in [6.45, 7) is 7.93. The van der Waals surface area contributed by atoms with Gasteiger partial charge in [0.1, 0.15) is 4.32 Å². The number of esters is 1. The second-order valence-corrected chi connectivity index (χ2v) is 8.48. The van der Waals surface area contributed by atoms with Crippen LogP contribution >= 0.6 is 35.6 Å². The fourth-order valence-electron chi connectivity index (χ4n) is 3.16. The molecule has 0 unspecified atom stereocenters. The molecule has 3 rings (SSSR count). The van der Waals surface area contributed by atoms with Gasteiger partial charge >= 0.3 is 5.97 Å². The van der Waals surface area contributed by atoms with E-state index in [-0.39, 0.29) is 5.91 Å². The van der Waals surface area contributed by atoms with Gasteiger partial charge in [0.15, 0.2) is 0 Å². The molecule has 150 valence electrons. The van der Waals surface area contributed by atoms with Crippen LogP contribution in [0.4, 0.5) is 0 Å². The summed E-state index contributed by atoms with van der Waals surface area (Å²) in [4.78, 5) is 26.6. The molecule has 2 heterocycles. The predicted molar refractivity (Wildman–Crippen MR) is 122 cm³/mol. The highest BCUT2D eigenvalue weighted by molar-refractivity contribution is 8.26. The molecule has 0 aliphatic carbocycles. The summed E-state index contributed by atoms with van der Waals surface area (Å²) in [5.74, 6) is -0.563. The van der Waals surface area contributed by atoms with Crippen LogP contribution in [0.1, 0.15) is 27.3 Å². The van der Waals surface area contributed by atoms with Crippen molar-refractivity contribution in [2.24, 2.45) is 0 Å². The van der Waals surface area contributed by atoms with Crippen molar-refractivity contribution in [1.29, 1.82) is 0 Å². The lowest BCUT2D eigenvalue weighted by Gasteiger charge is -2.13. The van der Waals surface area contributed by atoms with Crippen LogP contribution in [0.25, 0.3) is 11.8 Å². The Morgan fingerprint density at radius 2 is 2.07 bits per heavy atom. The van der Waals surface area contributed by atoms with Crippen molar-refractivity contribution >= 4 is 57.9 Å². The molecule has 29 heavy (non-hydrogen) atoms. The van der Waals surface area contributed by atoms with Crippen LogP contribution < -0.4 is 0 Å². The minimum atomic E-state index is -0.434. The minimum Gasteiger partial charge on any atom is -0.465 e. The van der Waals surface area contributed by atoms with Crippen LogP contribution in [0.3, 0.4) is 0 Å². The van der Waals surface area contributed by atoms with Crippen molar-refractivity contribution < 1.29 is 14.3 Å². The van der Waals surface area contributed by atoms with Gasteiger partial charge in [0.05, 0.1) is 28.3 Å². The normalized spacial score (nSPS) is 15.3. The number of carbonyl (C=O) groups excluding carboxylic acids is 2. The van der Waals surface area contributed by atoms with Gasteiger partial charge < -0.3 is 9.30 Å². The van der Waals surface area contributed by atoms with Crippen LogP contribution in [0, 0.1) is 13.8 Å². The van der Waals surface area contributed by atoms with E-state index in [1.165, 1.54) is 23.8 Å². The van der Waals surface area contributed by atoms with Crippen molar-refractivity contribution in [2.45, 2.75) is 13.8 Å². The summed E-state index contributed by atoms with van der Waals surface area (Å²) in [5.41, 5.74) is 3.76. The molecule has 1 aromatic heterocycles. The monoisotopic (exact) mass is 446 g/mol. The first-order valence-electron chi connectivity index (χ1n) is 8.72. The Hall–Kier alpha value is -2.35. The third-order valence-corrected chi connectivity index (χ3v) is 6.25. The fraction of sp³-hybridized carbons (Fsp3) is 0.190. The van der Waals surface area contributed by atoms with Crippen LogP contribution in [-0.2, 0) is 9.53 Å². The zero-order chi connectivity index (χ0) is 21.3. The van der Waals surface area contributed by atoms with Crippen LogP contribution in [-0.4, -0.2) is 39.3 Å². The van der Waals surface area contributed by atoms with E-state index in [1.54, 1.807) is 24.3 Å². The van der Waals surface area contributed by atoms with Gasteiger partial charge in [0, 0.05) is 17.9 Å². The molecule has 1 aliphatic heterocycles. The molecule has 0 atom stereocenters. The van der Waals surface area contributed by atoms with Crippen molar-refractivity contribution in [3.8, 4) is 5.69 Å². The Bertz CT molecular complexity index is 1070. The average molecular weight is 447 g/mol. The Morgan fingerprint density at radius 3 is 2.72 bits per heavy atom. The molecule has 0 N–H and O–H groups in total. The number of hydrogen-bond donors (Lipinski definition) is 0. The standard InChI is InChI=1S/C21H19ClN2O3S2/c1-5-8-23-19(25)18(29-21(23)28)11-15-9-12(2)24(13(15)3)17-10-14(20(26)27-4)6-7-16(17)22/h5-7,9-11H,1,8H2,2-4H3/b18-11-. The van der Waals surface area contributed by atoms with Crippen molar-refractivity contribution in [1.82, 2.24) is 9.47 Å². The van der Waals surface area contributed by atoms with Gasteiger partial charge in [0.25, 0.3) is 5.91 Å². The number of amides is 1. The summed E-state index contributed by atoms with van der Waals surface area (Å²) >= 11 is 13.0. The summed E-state index contributed by atoms with van der Waals surface area (Å²) in [7, 11) is 1.34. The topological polar surface area (TPSA) is 51.5 Å². The Balaban J connectivity index is 2.05. The molecule has 1 amide bonds. The van der Waals surface area contributed by atoms with E-state index in [4.69, 9.17) is 28.6 Å². The van der Waals surface area contributed by atoms with E-state index in [0.717, 1.165) is 17.0 Å². The lowest BCUT2D eigenvalue weighted by Crippen LogP contribution is -2.27. The number of benzene rings is 1. The number of carbonyl (C=O) groups is 2. The molecule has 0 bridgehead atoms. The first-order chi connectivity index (χ1) is 13.8. The van der Waals surface area contributed by atoms with Gasteiger partial charge in [-0.3, -0.25) is 9.69 Å². The highest BCUT2D eigenvalue weighted by atomic mass is 35.5. The molecule has 5 nitrogen and oxygen atoms in total. The fourth-order valence-corrected chi connectivity index (χ4v) is 4.63. The van der Waals surface area contributed by atoms with Crippen LogP contribution in [0.2, 0.25) is 5.02 Å². The predicted octanol–water partition coefficient (Wildman–Crippen LogP) is 4.92. The minimum absolute atomic E-state index is 0.129. The molecular weight excluding hydrogens is 428 g/mol. The Morgan fingerprint density at radius 1 is 1.34 bits per heavy atom. The largest absolute Gasteiger partial charge is 0.465 e. The van der Waals surface area contributed by atoms with E-state index in [1.807, 2.05) is 30.6 Å². The number of aryl methyl sites for hydroxylation is 1. The highest BCUT2D eigenvalue weighted by Gasteiger charge is 2.31. The number of thioether (sulfide) groups is 1. The maximum Gasteiger partial charge on any atom is 0.337 e. The third kappa shape index (κ3) is 4.03. The molecule has 0 spiro atoms. The van der Waals surface area contributed by atoms with Gasteiger partial charge in [-0.2, -0.15) is 0 Å². The number of thiocarbonyl (C=S) groups is 1. The van der Waals surface area contributed by atoms with Gasteiger partial charge in [0.2, 0.25) is 0 Å². The molecule has 0 radical (unpaired) electrons. The zero-order valence-corrected chi connectivity index (χ0v) is 18.6. The van der Waals surface area contributed by atoms with Gasteiger partial charge in [-0.1, -0.05) is 41.7 Å². The van der Waals surface area contributed by atoms with Crippen molar-refractivity contribution in [2.75, 3.05) is 13.7 Å². The molecular formula is C21H19ClN2O3S2. The smallest absolute Gasteiger partial charge is 0.337 e. The summed E-state index contributed by atoms with van der Waals surface area (Å²) in [6, 6.07) is 6.96. The van der Waals surface area contributed by atoms with Crippen molar-refractivity contribution in [3.05, 3.63) is 69.4 Å². The summed E-state index contributed by atoms with van der Waals surface area (Å²) < 4.78 is 7.28. The molecule has 8 heteroatoms. The van der Waals surface area contributed by atoms with Gasteiger partial charge in [-0.15, -0.1) is 6.58 Å². The Labute approximate surface area is 184 Å². The number of aromatic nitrogens is 1. The molecule has 1 saturated heterocycles.